The van der Waals surface area contributed by atoms with E-state index in [-0.39, 0.29) is 0 Å². The van der Waals surface area contributed by atoms with Crippen molar-refractivity contribution in [2.24, 2.45) is 5.92 Å². The van der Waals surface area contributed by atoms with Gasteiger partial charge in [-0.3, -0.25) is 14.4 Å². The van der Waals surface area contributed by atoms with Gasteiger partial charge in [0.2, 0.25) is 21.1 Å². The van der Waals surface area contributed by atoms with Crippen LogP contribution in [0.1, 0.15) is 20.8 Å². The maximum atomic E-state index is 12.8. The molecule has 0 bridgehead atoms. The number of aromatic nitrogens is 2. The van der Waals surface area contributed by atoms with E-state index in [2.05, 4.69) is 29.4 Å². The number of nitrogens with one attached hydrogen (secondary N) is 1. The summed E-state index contributed by atoms with van der Waals surface area (Å²) in [4.78, 5) is 12.8. The number of nitrogens with zero attached hydrogens (tertiary/aromatic N) is 3. The fourth-order valence-corrected chi connectivity index (χ4v) is 5.64. The van der Waals surface area contributed by atoms with Crippen molar-refractivity contribution in [1.82, 2.24) is 10.2 Å². The maximum absolute atomic E-state index is 12.8. The van der Waals surface area contributed by atoms with Gasteiger partial charge >= 0.3 is 0 Å². The number of anilines is 2. The molecule has 0 radical (unpaired) electrons. The van der Waals surface area contributed by atoms with Crippen molar-refractivity contribution in [2.45, 2.75) is 31.2 Å². The molecule has 0 aliphatic carbocycles. The van der Waals surface area contributed by atoms with E-state index >= 15 is 0 Å². The largest absolute Gasteiger partial charge is 0.486 e. The smallest absolute Gasteiger partial charge is 0.249 e. The Kier molecular flexibility index (Phi) is 7.09. The lowest BCUT2D eigenvalue weighted by Gasteiger charge is -2.29. The summed E-state index contributed by atoms with van der Waals surface area (Å²) in [6.07, 6.45) is 1.05. The molecule has 1 N–H and O–H groups in total. The van der Waals surface area contributed by atoms with Crippen LogP contribution in [0.4, 0.5) is 10.8 Å². The van der Waals surface area contributed by atoms with Gasteiger partial charge in [0.25, 0.3) is 0 Å². The van der Waals surface area contributed by atoms with E-state index in [0.29, 0.717) is 41.4 Å². The molecule has 0 saturated heterocycles. The molecule has 1 aromatic carbocycles. The summed E-state index contributed by atoms with van der Waals surface area (Å²) in [5.74, 6) is 1.87. The molecule has 1 aliphatic rings. The average molecular weight is 473 g/mol. The summed E-state index contributed by atoms with van der Waals surface area (Å²) in [5.41, 5.74) is 0.315. The topological polar surface area (TPSA) is 111 Å². The van der Waals surface area contributed by atoms with Crippen molar-refractivity contribution in [1.29, 1.82) is 0 Å². The van der Waals surface area contributed by atoms with E-state index in [0.717, 1.165) is 20.7 Å². The number of hydrogen-bond acceptors (Lipinski definition) is 9. The van der Waals surface area contributed by atoms with Crippen LogP contribution < -0.4 is 19.1 Å². The number of ether oxygens (including phenoxy) is 2. The number of hydrogen-bond donors (Lipinski definition) is 1. The highest BCUT2D eigenvalue weighted by Crippen LogP contribution is 2.35. The third kappa shape index (κ3) is 5.55. The van der Waals surface area contributed by atoms with E-state index < -0.39 is 22.0 Å². The summed E-state index contributed by atoms with van der Waals surface area (Å²) in [6.45, 7) is 6.54. The third-order valence-corrected chi connectivity index (χ3v) is 7.69. The molecule has 12 heteroatoms. The molecule has 2 heterocycles. The van der Waals surface area contributed by atoms with Crippen molar-refractivity contribution < 1.29 is 22.7 Å². The van der Waals surface area contributed by atoms with Gasteiger partial charge in [-0.25, -0.2) is 8.42 Å². The summed E-state index contributed by atoms with van der Waals surface area (Å²) < 4.78 is 37.8. The monoisotopic (exact) mass is 472 g/mol. The Bertz CT molecular complexity index is 1010. The molecule has 0 spiro atoms. The van der Waals surface area contributed by atoms with Gasteiger partial charge in [-0.05, 0) is 25.0 Å². The molecule has 1 aliphatic heterocycles. The highest BCUT2D eigenvalue weighted by molar-refractivity contribution is 8.01. The van der Waals surface area contributed by atoms with Crippen molar-refractivity contribution in [3.63, 3.8) is 0 Å². The van der Waals surface area contributed by atoms with E-state index in [4.69, 9.17) is 9.47 Å². The fraction of sp³-hybridized carbons (Fsp3) is 0.500. The van der Waals surface area contributed by atoms with Gasteiger partial charge in [0.15, 0.2) is 15.8 Å². The number of rotatable bonds is 8. The number of benzene rings is 1. The summed E-state index contributed by atoms with van der Waals surface area (Å²) in [5, 5.41) is 11.0. The zero-order valence-electron chi connectivity index (χ0n) is 17.1. The first kappa shape index (κ1) is 22.6. The van der Waals surface area contributed by atoms with Crippen molar-refractivity contribution in [3.8, 4) is 11.5 Å². The minimum absolute atomic E-state index is 0.315. The predicted octanol–water partition coefficient (Wildman–Crippen LogP) is 2.85. The van der Waals surface area contributed by atoms with Crippen LogP contribution in [0.5, 0.6) is 11.5 Å². The number of fused-ring (bicyclic) bond motifs is 1. The molecule has 164 valence electrons. The van der Waals surface area contributed by atoms with E-state index in [1.165, 1.54) is 18.3 Å². The van der Waals surface area contributed by atoms with Crippen LogP contribution in [0.15, 0.2) is 22.5 Å². The van der Waals surface area contributed by atoms with Crippen LogP contribution in [0.2, 0.25) is 0 Å². The van der Waals surface area contributed by atoms with E-state index in [1.54, 1.807) is 30.0 Å². The fourth-order valence-electron chi connectivity index (χ4n) is 2.74. The Hall–Kier alpha value is -2.05. The maximum Gasteiger partial charge on any atom is 0.249 e. The van der Waals surface area contributed by atoms with Crippen LogP contribution in [0.3, 0.4) is 0 Å². The second kappa shape index (κ2) is 9.40. The zero-order chi connectivity index (χ0) is 21.9. The van der Waals surface area contributed by atoms with Gasteiger partial charge in [-0.15, -0.1) is 10.2 Å². The molecule has 3 rings (SSSR count). The van der Waals surface area contributed by atoms with Gasteiger partial charge in [0.1, 0.15) is 19.3 Å². The molecule has 30 heavy (non-hydrogen) atoms. The van der Waals surface area contributed by atoms with Crippen LogP contribution in [-0.2, 0) is 14.8 Å². The van der Waals surface area contributed by atoms with Crippen LogP contribution in [0.25, 0.3) is 0 Å². The van der Waals surface area contributed by atoms with Crippen LogP contribution >= 0.6 is 23.1 Å². The molecule has 9 nitrogen and oxygen atoms in total. The summed E-state index contributed by atoms with van der Waals surface area (Å²) in [7, 11) is -3.75. The minimum Gasteiger partial charge on any atom is -0.486 e. The van der Waals surface area contributed by atoms with Gasteiger partial charge < -0.3 is 9.47 Å². The second-order valence-electron chi connectivity index (χ2n) is 7.13. The minimum atomic E-state index is -3.75. The number of thioether (sulfide) groups is 1. The molecular formula is C18H24N4O5S3. The number of carbonyl (C=O) groups excluding carboxylic acids is 1. The van der Waals surface area contributed by atoms with Crippen LogP contribution in [0, 0.1) is 5.92 Å². The standard InChI is InChI=1S/C18H24N4O5S3/c1-11(2)10-28-18-21-20-17(29-18)19-16(23)12(3)22(30(4,24)25)13-5-6-14-15(9-13)27-8-7-26-14/h5-6,9,11-12H,7-8,10H2,1-4H3,(H,19,20,23). The van der Waals surface area contributed by atoms with Gasteiger partial charge in [0, 0.05) is 11.8 Å². The Balaban J connectivity index is 1.77. The average Bonchev–Trinajstić information content (AvgIpc) is 3.12. The number of sulfonamides is 1. The summed E-state index contributed by atoms with van der Waals surface area (Å²) >= 11 is 2.83. The second-order valence-corrected chi connectivity index (χ2v) is 11.2. The lowest BCUT2D eigenvalue weighted by molar-refractivity contribution is -0.116. The van der Waals surface area contributed by atoms with Crippen molar-refractivity contribution in [3.05, 3.63) is 18.2 Å². The van der Waals surface area contributed by atoms with Crippen molar-refractivity contribution >= 4 is 49.8 Å². The lowest BCUT2D eigenvalue weighted by Crippen LogP contribution is -2.45. The van der Waals surface area contributed by atoms with Gasteiger partial charge in [-0.1, -0.05) is 36.9 Å². The quantitative estimate of drug-likeness (QED) is 0.461. The molecule has 1 unspecified atom stereocenters. The van der Waals surface area contributed by atoms with E-state index in [9.17, 15) is 13.2 Å². The summed E-state index contributed by atoms with van der Waals surface area (Å²) in [6, 6.07) is 3.77. The normalized spacial score (nSPS) is 14.4. The number of amides is 1. The first-order valence-electron chi connectivity index (χ1n) is 9.31. The van der Waals surface area contributed by atoms with Gasteiger partial charge in [-0.2, -0.15) is 0 Å². The first-order valence-corrected chi connectivity index (χ1v) is 13.0. The lowest BCUT2D eigenvalue weighted by atomic mass is 10.2. The Labute approximate surface area is 184 Å². The third-order valence-electron chi connectivity index (χ3n) is 4.05. The number of carbonyl (C=O) groups is 1. The van der Waals surface area contributed by atoms with Crippen LogP contribution in [-0.4, -0.2) is 55.8 Å². The SMILES string of the molecule is CC(C)CSc1nnc(NC(=O)C(C)N(c2ccc3c(c2)OCCO3)S(C)(=O)=O)s1. The molecular weight excluding hydrogens is 448 g/mol. The highest BCUT2D eigenvalue weighted by atomic mass is 32.2. The molecule has 1 atom stereocenters. The Morgan fingerprint density at radius 1 is 1.23 bits per heavy atom. The molecule has 2 aromatic rings. The predicted molar refractivity (Wildman–Crippen MR) is 118 cm³/mol. The highest BCUT2D eigenvalue weighted by Gasteiger charge is 2.31. The molecule has 1 aromatic heterocycles. The Morgan fingerprint density at radius 3 is 2.60 bits per heavy atom. The van der Waals surface area contributed by atoms with E-state index in [1.807, 2.05) is 0 Å². The zero-order valence-corrected chi connectivity index (χ0v) is 19.6. The molecule has 0 fully saturated rings. The Morgan fingerprint density at radius 2 is 1.93 bits per heavy atom. The van der Waals surface area contributed by atoms with Gasteiger partial charge in [0.05, 0.1) is 11.9 Å². The molecule has 0 saturated carbocycles. The first-order chi connectivity index (χ1) is 14.1. The molecule has 1 amide bonds. The van der Waals surface area contributed by atoms with Crippen molar-refractivity contribution in [2.75, 3.05) is 34.8 Å².